The third-order valence-electron chi connectivity index (χ3n) is 3.21. The fraction of sp³-hybridized carbons (Fsp3) is 0.188. The molecule has 0 N–H and O–H groups in total. The van der Waals surface area contributed by atoms with Crippen LogP contribution in [0.2, 0.25) is 0 Å². The van der Waals surface area contributed by atoms with Gasteiger partial charge in [0.15, 0.2) is 0 Å². The van der Waals surface area contributed by atoms with Crippen LogP contribution in [-0.2, 0) is 6.42 Å². The average molecular weight is 221 g/mol. The molecule has 0 spiro atoms. The maximum atomic E-state index is 4.69. The van der Waals surface area contributed by atoms with Crippen molar-refractivity contribution in [1.82, 2.24) is 0 Å². The van der Waals surface area contributed by atoms with E-state index in [9.17, 15) is 0 Å². The highest BCUT2D eigenvalue weighted by Gasteiger charge is 2.15. The predicted octanol–water partition coefficient (Wildman–Crippen LogP) is 3.39. The van der Waals surface area contributed by atoms with Crippen LogP contribution in [0.5, 0.6) is 0 Å². The molecule has 1 nitrogen and oxygen atoms in total. The van der Waals surface area contributed by atoms with E-state index in [1.165, 1.54) is 22.3 Å². The Morgan fingerprint density at radius 2 is 1.82 bits per heavy atom. The van der Waals surface area contributed by atoms with Crippen molar-refractivity contribution < 1.29 is 0 Å². The topological polar surface area (TPSA) is 12.4 Å². The van der Waals surface area contributed by atoms with Gasteiger partial charge in [-0.3, -0.25) is 4.99 Å². The highest BCUT2D eigenvalue weighted by Crippen LogP contribution is 2.21. The van der Waals surface area contributed by atoms with Gasteiger partial charge in [0.25, 0.3) is 0 Å². The van der Waals surface area contributed by atoms with Crippen LogP contribution in [0.3, 0.4) is 0 Å². The first kappa shape index (κ1) is 10.3. The lowest BCUT2D eigenvalue weighted by molar-refractivity contribution is 0.942. The molecule has 0 saturated carbocycles. The van der Waals surface area contributed by atoms with Crippen LogP contribution in [-0.4, -0.2) is 12.3 Å². The molecule has 0 fully saturated rings. The van der Waals surface area contributed by atoms with Crippen molar-refractivity contribution in [2.24, 2.45) is 4.99 Å². The van der Waals surface area contributed by atoms with Crippen LogP contribution in [0.4, 0.5) is 0 Å². The number of fused-ring (bicyclic) bond motifs is 1. The second-order valence-electron chi connectivity index (χ2n) is 4.51. The zero-order chi connectivity index (χ0) is 11.7. The van der Waals surface area contributed by atoms with Crippen molar-refractivity contribution in [2.45, 2.75) is 13.3 Å². The summed E-state index contributed by atoms with van der Waals surface area (Å²) in [4.78, 5) is 4.69. The summed E-state index contributed by atoms with van der Waals surface area (Å²) >= 11 is 0. The Morgan fingerprint density at radius 3 is 2.65 bits per heavy atom. The Hall–Kier alpha value is -1.89. The molecule has 0 saturated heterocycles. The van der Waals surface area contributed by atoms with E-state index in [1.54, 1.807) is 0 Å². The SMILES string of the molecule is Cc1ccc2c(c1)CCN=C2c1ccccc1. The fourth-order valence-electron chi connectivity index (χ4n) is 2.38. The Bertz CT molecular complexity index is 567. The van der Waals surface area contributed by atoms with Crippen LogP contribution in [0.1, 0.15) is 22.3 Å². The van der Waals surface area contributed by atoms with Gasteiger partial charge in [-0.25, -0.2) is 0 Å². The van der Waals surface area contributed by atoms with Gasteiger partial charge in [-0.1, -0.05) is 54.1 Å². The summed E-state index contributed by atoms with van der Waals surface area (Å²) in [5, 5.41) is 0. The van der Waals surface area contributed by atoms with Crippen molar-refractivity contribution in [3.63, 3.8) is 0 Å². The van der Waals surface area contributed by atoms with E-state index >= 15 is 0 Å². The van der Waals surface area contributed by atoms with Gasteiger partial charge in [0.1, 0.15) is 0 Å². The minimum Gasteiger partial charge on any atom is -0.284 e. The molecule has 0 unspecified atom stereocenters. The van der Waals surface area contributed by atoms with Crippen LogP contribution in [0.15, 0.2) is 53.5 Å². The van der Waals surface area contributed by atoms with E-state index in [4.69, 9.17) is 0 Å². The largest absolute Gasteiger partial charge is 0.284 e. The van der Waals surface area contributed by atoms with E-state index in [0.717, 1.165) is 18.7 Å². The molecule has 0 bridgehead atoms. The quantitative estimate of drug-likeness (QED) is 0.700. The van der Waals surface area contributed by atoms with Gasteiger partial charge in [-0.05, 0) is 18.9 Å². The zero-order valence-electron chi connectivity index (χ0n) is 9.98. The second-order valence-corrected chi connectivity index (χ2v) is 4.51. The minimum atomic E-state index is 0.903. The normalized spacial score (nSPS) is 14.1. The van der Waals surface area contributed by atoms with Crippen LogP contribution in [0.25, 0.3) is 0 Å². The number of rotatable bonds is 1. The van der Waals surface area contributed by atoms with Crippen LogP contribution in [0, 0.1) is 6.92 Å². The van der Waals surface area contributed by atoms with Gasteiger partial charge in [-0.2, -0.15) is 0 Å². The molecule has 17 heavy (non-hydrogen) atoms. The number of aryl methyl sites for hydroxylation is 1. The number of hydrogen-bond donors (Lipinski definition) is 0. The lowest BCUT2D eigenvalue weighted by atomic mass is 9.92. The molecule has 84 valence electrons. The van der Waals surface area contributed by atoms with Crippen LogP contribution < -0.4 is 0 Å². The summed E-state index contributed by atoms with van der Waals surface area (Å²) in [5.41, 5.74) is 6.43. The number of aliphatic imine (C=N–C) groups is 1. The first-order valence-corrected chi connectivity index (χ1v) is 6.04. The van der Waals surface area contributed by atoms with Crippen molar-refractivity contribution in [1.29, 1.82) is 0 Å². The highest BCUT2D eigenvalue weighted by atomic mass is 14.7. The molecule has 2 aromatic carbocycles. The van der Waals surface area contributed by atoms with E-state index in [2.05, 4.69) is 54.4 Å². The van der Waals surface area contributed by atoms with Gasteiger partial charge in [0.2, 0.25) is 0 Å². The molecule has 3 rings (SSSR count). The van der Waals surface area contributed by atoms with Gasteiger partial charge in [-0.15, -0.1) is 0 Å². The third kappa shape index (κ3) is 1.89. The standard InChI is InChI=1S/C16H15N/c1-12-7-8-15-14(11-12)9-10-17-16(15)13-5-3-2-4-6-13/h2-8,11H,9-10H2,1H3. The maximum Gasteiger partial charge on any atom is 0.0721 e. The molecule has 1 aliphatic rings. The molecular weight excluding hydrogens is 206 g/mol. The lowest BCUT2D eigenvalue weighted by Crippen LogP contribution is -2.14. The summed E-state index contributed by atoms with van der Waals surface area (Å²) in [6.45, 7) is 3.05. The Kier molecular flexibility index (Phi) is 2.52. The monoisotopic (exact) mass is 221 g/mol. The van der Waals surface area contributed by atoms with Crippen molar-refractivity contribution in [3.8, 4) is 0 Å². The Balaban J connectivity index is 2.12. The van der Waals surface area contributed by atoms with Crippen LogP contribution >= 0.6 is 0 Å². The number of benzene rings is 2. The van der Waals surface area contributed by atoms with E-state index in [-0.39, 0.29) is 0 Å². The van der Waals surface area contributed by atoms with E-state index in [0.29, 0.717) is 0 Å². The summed E-state index contributed by atoms with van der Waals surface area (Å²) in [5.74, 6) is 0. The Morgan fingerprint density at radius 1 is 1.00 bits per heavy atom. The van der Waals surface area contributed by atoms with E-state index < -0.39 is 0 Å². The van der Waals surface area contributed by atoms with Crippen molar-refractivity contribution >= 4 is 5.71 Å². The smallest absolute Gasteiger partial charge is 0.0721 e. The lowest BCUT2D eigenvalue weighted by Gasteiger charge is -2.17. The molecular formula is C16H15N. The maximum absolute atomic E-state index is 4.69. The third-order valence-corrected chi connectivity index (χ3v) is 3.21. The first-order valence-electron chi connectivity index (χ1n) is 6.04. The molecule has 1 aliphatic heterocycles. The summed E-state index contributed by atoms with van der Waals surface area (Å²) in [6.07, 6.45) is 1.06. The molecule has 1 heterocycles. The molecule has 0 atom stereocenters. The van der Waals surface area contributed by atoms with Gasteiger partial charge >= 0.3 is 0 Å². The average Bonchev–Trinajstić information content (AvgIpc) is 2.39. The van der Waals surface area contributed by atoms with E-state index in [1.807, 2.05) is 6.07 Å². The molecule has 1 heteroatoms. The number of hydrogen-bond acceptors (Lipinski definition) is 1. The number of nitrogens with zero attached hydrogens (tertiary/aromatic N) is 1. The fourth-order valence-corrected chi connectivity index (χ4v) is 2.38. The van der Waals surface area contributed by atoms with Crippen molar-refractivity contribution in [2.75, 3.05) is 6.54 Å². The van der Waals surface area contributed by atoms with Crippen molar-refractivity contribution in [3.05, 3.63) is 70.8 Å². The molecule has 2 aromatic rings. The molecule has 0 aliphatic carbocycles. The minimum absolute atomic E-state index is 0.903. The first-order chi connectivity index (χ1) is 8.34. The van der Waals surface area contributed by atoms with Gasteiger partial charge in [0.05, 0.1) is 5.71 Å². The highest BCUT2D eigenvalue weighted by molar-refractivity contribution is 6.14. The van der Waals surface area contributed by atoms with Gasteiger partial charge in [0, 0.05) is 17.7 Å². The Labute approximate surface area is 102 Å². The molecule has 0 aromatic heterocycles. The summed E-state index contributed by atoms with van der Waals surface area (Å²) in [7, 11) is 0. The summed E-state index contributed by atoms with van der Waals surface area (Å²) in [6, 6.07) is 17.1. The molecule has 0 amide bonds. The van der Waals surface area contributed by atoms with Gasteiger partial charge < -0.3 is 0 Å². The predicted molar refractivity (Wildman–Crippen MR) is 71.8 cm³/mol. The molecule has 0 radical (unpaired) electrons. The summed E-state index contributed by atoms with van der Waals surface area (Å²) < 4.78 is 0. The second kappa shape index (κ2) is 4.17. The zero-order valence-corrected chi connectivity index (χ0v) is 9.98.